The first-order chi connectivity index (χ1) is 14.3. The number of halogens is 2. The highest BCUT2D eigenvalue weighted by Crippen LogP contribution is 2.35. The lowest BCUT2D eigenvalue weighted by atomic mass is 10.1. The van der Waals surface area contributed by atoms with Gasteiger partial charge in [0.25, 0.3) is 0 Å². The number of amides is 1. The van der Waals surface area contributed by atoms with E-state index in [2.05, 4.69) is 10.3 Å². The topological polar surface area (TPSA) is 112 Å². The van der Waals surface area contributed by atoms with Crippen LogP contribution in [0, 0.1) is 11.6 Å². The lowest BCUT2D eigenvalue weighted by molar-refractivity contribution is -0.123. The van der Waals surface area contributed by atoms with Gasteiger partial charge in [-0.1, -0.05) is 6.07 Å². The van der Waals surface area contributed by atoms with E-state index in [-0.39, 0.29) is 23.8 Å². The van der Waals surface area contributed by atoms with Gasteiger partial charge in [0.05, 0.1) is 11.4 Å². The summed E-state index contributed by atoms with van der Waals surface area (Å²) < 4.78 is 27.3. The van der Waals surface area contributed by atoms with E-state index in [1.807, 2.05) is 0 Å². The van der Waals surface area contributed by atoms with Crippen molar-refractivity contribution in [1.29, 1.82) is 0 Å². The summed E-state index contributed by atoms with van der Waals surface area (Å²) >= 11 is 0. The normalized spacial score (nSPS) is 10.7. The van der Waals surface area contributed by atoms with Gasteiger partial charge in [-0.05, 0) is 36.4 Å². The van der Waals surface area contributed by atoms with E-state index in [1.54, 1.807) is 31.3 Å². The Bertz CT molecular complexity index is 1090. The number of aliphatic hydroxyl groups excluding tert-OH is 1. The summed E-state index contributed by atoms with van der Waals surface area (Å²) in [7, 11) is 1.61. The molecule has 156 valence electrons. The maximum atomic E-state index is 14.1. The van der Waals surface area contributed by atoms with Crippen molar-refractivity contribution in [2.45, 2.75) is 6.54 Å². The number of phenols is 1. The molecule has 0 aliphatic heterocycles. The molecule has 30 heavy (non-hydrogen) atoms. The standard InChI is InChI=1S/C21H20F2N4O3/c1-27(18-6-3-13(22)8-16(18)23)14-4-7-19(29)15(9-14)17-5-2-12(21(24)26-17)10-25-20(30)11-28/h2-9,28-29H,10-11H2,1H3,(H2,24,26)(H,25,30). The van der Waals surface area contributed by atoms with E-state index in [4.69, 9.17) is 10.8 Å². The minimum Gasteiger partial charge on any atom is -0.507 e. The molecule has 2 aromatic carbocycles. The first-order valence-corrected chi connectivity index (χ1v) is 8.95. The number of phenolic OH excluding ortho intramolecular Hbond substituents is 1. The van der Waals surface area contributed by atoms with Gasteiger partial charge in [0, 0.05) is 36.5 Å². The second kappa shape index (κ2) is 8.75. The van der Waals surface area contributed by atoms with Crippen molar-refractivity contribution < 1.29 is 23.8 Å². The van der Waals surface area contributed by atoms with E-state index in [1.165, 1.54) is 17.0 Å². The number of hydrogen-bond acceptors (Lipinski definition) is 6. The smallest absolute Gasteiger partial charge is 0.245 e. The summed E-state index contributed by atoms with van der Waals surface area (Å²) in [4.78, 5) is 17.0. The fourth-order valence-corrected chi connectivity index (χ4v) is 2.88. The molecule has 0 atom stereocenters. The Morgan fingerprint density at radius 3 is 2.60 bits per heavy atom. The van der Waals surface area contributed by atoms with E-state index < -0.39 is 24.1 Å². The number of carbonyl (C=O) groups is 1. The molecule has 0 radical (unpaired) electrons. The fraction of sp³-hybridized carbons (Fsp3) is 0.143. The third-order valence-electron chi connectivity index (χ3n) is 4.55. The van der Waals surface area contributed by atoms with Crippen LogP contribution in [-0.2, 0) is 11.3 Å². The molecule has 0 unspecified atom stereocenters. The van der Waals surface area contributed by atoms with Crippen LogP contribution < -0.4 is 16.0 Å². The highest BCUT2D eigenvalue weighted by Gasteiger charge is 2.15. The molecule has 0 fully saturated rings. The minimum atomic E-state index is -0.719. The molecule has 3 aromatic rings. The van der Waals surface area contributed by atoms with E-state index in [9.17, 15) is 18.7 Å². The van der Waals surface area contributed by atoms with E-state index >= 15 is 0 Å². The van der Waals surface area contributed by atoms with E-state index in [0.717, 1.165) is 12.1 Å². The average Bonchev–Trinajstić information content (AvgIpc) is 2.72. The highest BCUT2D eigenvalue weighted by atomic mass is 19.1. The molecule has 0 saturated heterocycles. The molecule has 9 heteroatoms. The number of aliphatic hydroxyl groups is 1. The Balaban J connectivity index is 1.91. The maximum absolute atomic E-state index is 14.1. The van der Waals surface area contributed by atoms with Gasteiger partial charge in [-0.15, -0.1) is 0 Å². The molecule has 1 heterocycles. The largest absolute Gasteiger partial charge is 0.507 e. The average molecular weight is 414 g/mol. The second-order valence-electron chi connectivity index (χ2n) is 6.53. The number of nitrogens with zero attached hydrogens (tertiary/aromatic N) is 2. The van der Waals surface area contributed by atoms with Gasteiger partial charge in [0.1, 0.15) is 29.8 Å². The molecule has 0 spiro atoms. The number of nitrogen functional groups attached to an aromatic ring is 1. The van der Waals surface area contributed by atoms with Crippen LogP contribution >= 0.6 is 0 Å². The third-order valence-corrected chi connectivity index (χ3v) is 4.55. The number of nitrogens with two attached hydrogens (primary N) is 1. The van der Waals surface area contributed by atoms with Crippen LogP contribution in [-0.4, -0.2) is 34.8 Å². The molecule has 0 aliphatic rings. The third kappa shape index (κ3) is 4.47. The number of carbonyl (C=O) groups excluding carboxylic acids is 1. The van der Waals surface area contributed by atoms with Crippen LogP contribution in [0.2, 0.25) is 0 Å². The Hall–Kier alpha value is -3.72. The first kappa shape index (κ1) is 21.0. The number of nitrogens with one attached hydrogen (secondary N) is 1. The summed E-state index contributed by atoms with van der Waals surface area (Å²) in [5.74, 6) is -1.84. The van der Waals surface area contributed by atoms with Gasteiger partial charge in [0.15, 0.2) is 0 Å². The Morgan fingerprint density at radius 1 is 1.17 bits per heavy atom. The molecular formula is C21H20F2N4O3. The van der Waals surface area contributed by atoms with Crippen molar-refractivity contribution in [3.05, 3.63) is 65.7 Å². The first-order valence-electron chi connectivity index (χ1n) is 8.95. The number of aromatic hydroxyl groups is 1. The molecule has 1 amide bonds. The zero-order valence-corrected chi connectivity index (χ0v) is 16.1. The van der Waals surface area contributed by atoms with Gasteiger partial charge in [-0.3, -0.25) is 4.79 Å². The number of rotatable bonds is 6. The van der Waals surface area contributed by atoms with Crippen LogP contribution in [0.25, 0.3) is 11.3 Å². The van der Waals surface area contributed by atoms with Gasteiger partial charge < -0.3 is 26.2 Å². The van der Waals surface area contributed by atoms with Crippen LogP contribution in [0.4, 0.5) is 26.0 Å². The van der Waals surface area contributed by atoms with Gasteiger partial charge >= 0.3 is 0 Å². The summed E-state index contributed by atoms with van der Waals surface area (Å²) in [5.41, 5.74) is 7.93. The summed E-state index contributed by atoms with van der Waals surface area (Å²) in [5, 5.41) is 21.5. The van der Waals surface area contributed by atoms with Crippen LogP contribution in [0.3, 0.4) is 0 Å². The quantitative estimate of drug-likeness (QED) is 0.494. The zero-order valence-electron chi connectivity index (χ0n) is 16.1. The highest BCUT2D eigenvalue weighted by molar-refractivity contribution is 5.77. The van der Waals surface area contributed by atoms with Crippen LogP contribution in [0.5, 0.6) is 5.75 Å². The Labute approximate surface area is 171 Å². The Morgan fingerprint density at radius 2 is 1.93 bits per heavy atom. The molecule has 5 N–H and O–H groups in total. The lowest BCUT2D eigenvalue weighted by Crippen LogP contribution is -2.26. The molecule has 0 aliphatic carbocycles. The molecule has 1 aromatic heterocycles. The number of anilines is 3. The zero-order chi connectivity index (χ0) is 21.8. The number of pyridine rings is 1. The summed E-state index contributed by atoms with van der Waals surface area (Å²) in [6.07, 6.45) is 0. The Kier molecular flexibility index (Phi) is 6.12. The number of benzene rings is 2. The molecule has 7 nitrogen and oxygen atoms in total. The fourth-order valence-electron chi connectivity index (χ4n) is 2.88. The molecule has 3 rings (SSSR count). The van der Waals surface area contributed by atoms with Crippen molar-refractivity contribution in [2.24, 2.45) is 0 Å². The van der Waals surface area contributed by atoms with Gasteiger partial charge in [-0.2, -0.15) is 0 Å². The number of aromatic nitrogens is 1. The van der Waals surface area contributed by atoms with Crippen LogP contribution in [0.1, 0.15) is 5.56 Å². The SMILES string of the molecule is CN(c1ccc(O)c(-c2ccc(CNC(=O)CO)c(N)n2)c1)c1ccc(F)cc1F. The molecule has 0 saturated carbocycles. The second-order valence-corrected chi connectivity index (χ2v) is 6.53. The van der Waals surface area contributed by atoms with Gasteiger partial charge in [-0.25, -0.2) is 13.8 Å². The van der Waals surface area contributed by atoms with E-state index in [0.29, 0.717) is 22.5 Å². The van der Waals surface area contributed by atoms with Crippen molar-refractivity contribution in [1.82, 2.24) is 10.3 Å². The molecular weight excluding hydrogens is 394 g/mol. The van der Waals surface area contributed by atoms with Crippen LogP contribution in [0.15, 0.2) is 48.5 Å². The van der Waals surface area contributed by atoms with Gasteiger partial charge in [0.2, 0.25) is 5.91 Å². The summed E-state index contributed by atoms with van der Waals surface area (Å²) in [6, 6.07) is 11.2. The van der Waals surface area contributed by atoms with Crippen molar-refractivity contribution >= 4 is 23.1 Å². The predicted molar refractivity (Wildman–Crippen MR) is 109 cm³/mol. The van der Waals surface area contributed by atoms with Crippen molar-refractivity contribution in [2.75, 3.05) is 24.3 Å². The lowest BCUT2D eigenvalue weighted by Gasteiger charge is -2.21. The number of hydrogen-bond donors (Lipinski definition) is 4. The maximum Gasteiger partial charge on any atom is 0.245 e. The summed E-state index contributed by atoms with van der Waals surface area (Å²) in [6.45, 7) is -0.536. The minimum absolute atomic E-state index is 0.0556. The monoisotopic (exact) mass is 414 g/mol. The predicted octanol–water partition coefficient (Wildman–Crippen LogP) is 2.69. The van der Waals surface area contributed by atoms with Crippen molar-refractivity contribution in [3.63, 3.8) is 0 Å². The molecule has 0 bridgehead atoms. The van der Waals surface area contributed by atoms with Crippen molar-refractivity contribution in [3.8, 4) is 17.0 Å².